The van der Waals surface area contributed by atoms with Crippen molar-refractivity contribution < 1.29 is 13.9 Å². The summed E-state index contributed by atoms with van der Waals surface area (Å²) >= 11 is 0. The molecule has 0 radical (unpaired) electrons. The van der Waals surface area contributed by atoms with Crippen LogP contribution in [0.5, 0.6) is 5.88 Å². The minimum atomic E-state index is -0.201. The Morgan fingerprint density at radius 1 is 1.15 bits per heavy atom. The number of aromatic nitrogens is 2. The molecular formula is C20H23N3O3. The fourth-order valence-electron chi connectivity index (χ4n) is 2.61. The van der Waals surface area contributed by atoms with Crippen molar-refractivity contribution in [2.45, 2.75) is 40.7 Å². The van der Waals surface area contributed by atoms with E-state index in [1.54, 1.807) is 0 Å². The van der Waals surface area contributed by atoms with Crippen LogP contribution < -0.4 is 10.1 Å². The quantitative estimate of drug-likeness (QED) is 0.735. The fourth-order valence-corrected chi connectivity index (χ4v) is 2.61. The molecule has 136 valence electrons. The molecule has 6 heteroatoms. The molecule has 0 fully saturated rings. The zero-order valence-electron chi connectivity index (χ0n) is 15.5. The SMILES string of the molecule is CCc1nc(OCC(=O)NCc2ccc(C)cc2)c2c(C)c(C)oc2n1. The van der Waals surface area contributed by atoms with Gasteiger partial charge in [-0.25, -0.2) is 0 Å². The predicted octanol–water partition coefficient (Wildman–Crippen LogP) is 3.41. The number of nitrogens with one attached hydrogen (secondary N) is 1. The molecule has 2 aromatic heterocycles. The maximum Gasteiger partial charge on any atom is 0.258 e. The highest BCUT2D eigenvalue weighted by molar-refractivity contribution is 5.84. The number of rotatable bonds is 6. The Morgan fingerprint density at radius 2 is 1.88 bits per heavy atom. The Kier molecular flexibility index (Phi) is 5.21. The summed E-state index contributed by atoms with van der Waals surface area (Å²) in [7, 11) is 0. The zero-order valence-corrected chi connectivity index (χ0v) is 15.5. The largest absolute Gasteiger partial charge is 0.467 e. The van der Waals surface area contributed by atoms with E-state index in [4.69, 9.17) is 9.15 Å². The molecule has 6 nitrogen and oxygen atoms in total. The molecule has 0 atom stereocenters. The highest BCUT2D eigenvalue weighted by Crippen LogP contribution is 2.30. The summed E-state index contributed by atoms with van der Waals surface area (Å²) in [6.07, 6.45) is 0.657. The van der Waals surface area contributed by atoms with Crippen LogP contribution in [-0.4, -0.2) is 22.5 Å². The number of aryl methyl sites for hydroxylation is 4. The van der Waals surface area contributed by atoms with Gasteiger partial charge in [-0.1, -0.05) is 36.8 Å². The summed E-state index contributed by atoms with van der Waals surface area (Å²) in [6, 6.07) is 8.03. The van der Waals surface area contributed by atoms with Crippen LogP contribution in [-0.2, 0) is 17.8 Å². The Balaban J connectivity index is 1.68. The molecule has 0 saturated heterocycles. The van der Waals surface area contributed by atoms with Crippen LogP contribution in [0.1, 0.15) is 35.2 Å². The van der Waals surface area contributed by atoms with Gasteiger partial charge in [0.25, 0.3) is 5.91 Å². The van der Waals surface area contributed by atoms with Gasteiger partial charge in [-0.15, -0.1) is 0 Å². The van der Waals surface area contributed by atoms with Crippen molar-refractivity contribution in [3.8, 4) is 5.88 Å². The maximum absolute atomic E-state index is 12.1. The van der Waals surface area contributed by atoms with E-state index in [2.05, 4.69) is 15.3 Å². The zero-order chi connectivity index (χ0) is 18.7. The lowest BCUT2D eigenvalue weighted by molar-refractivity contribution is -0.123. The van der Waals surface area contributed by atoms with E-state index in [9.17, 15) is 4.79 Å². The van der Waals surface area contributed by atoms with Gasteiger partial charge < -0.3 is 14.5 Å². The number of hydrogen-bond donors (Lipinski definition) is 1. The third-order valence-corrected chi connectivity index (χ3v) is 4.31. The van der Waals surface area contributed by atoms with Crippen molar-refractivity contribution in [3.63, 3.8) is 0 Å². The molecule has 1 amide bonds. The Bertz CT molecular complexity index is 930. The first-order valence-electron chi connectivity index (χ1n) is 8.69. The van der Waals surface area contributed by atoms with Crippen LogP contribution in [0.2, 0.25) is 0 Å². The van der Waals surface area contributed by atoms with Gasteiger partial charge in [0.1, 0.15) is 17.0 Å². The van der Waals surface area contributed by atoms with Crippen LogP contribution >= 0.6 is 0 Å². The van der Waals surface area contributed by atoms with E-state index >= 15 is 0 Å². The second-order valence-electron chi connectivity index (χ2n) is 6.31. The van der Waals surface area contributed by atoms with E-state index in [1.165, 1.54) is 5.56 Å². The third kappa shape index (κ3) is 3.85. The molecule has 3 aromatic rings. The summed E-state index contributed by atoms with van der Waals surface area (Å²) in [6.45, 7) is 8.16. The van der Waals surface area contributed by atoms with Crippen LogP contribution in [0.15, 0.2) is 28.7 Å². The van der Waals surface area contributed by atoms with Crippen molar-refractivity contribution >= 4 is 17.0 Å². The molecule has 26 heavy (non-hydrogen) atoms. The Morgan fingerprint density at radius 3 is 2.58 bits per heavy atom. The summed E-state index contributed by atoms with van der Waals surface area (Å²) in [5.74, 6) is 1.59. The number of furan rings is 1. The van der Waals surface area contributed by atoms with E-state index in [-0.39, 0.29) is 12.5 Å². The number of nitrogens with zero attached hydrogens (tertiary/aromatic N) is 2. The number of carbonyl (C=O) groups excluding carboxylic acids is 1. The van der Waals surface area contributed by atoms with E-state index in [1.807, 2.05) is 52.0 Å². The van der Waals surface area contributed by atoms with Gasteiger partial charge in [0.05, 0.1) is 0 Å². The monoisotopic (exact) mass is 353 g/mol. The van der Waals surface area contributed by atoms with Crippen LogP contribution in [0, 0.1) is 20.8 Å². The highest BCUT2D eigenvalue weighted by Gasteiger charge is 2.17. The average Bonchev–Trinajstić information content (AvgIpc) is 2.93. The smallest absolute Gasteiger partial charge is 0.258 e. The molecule has 0 bridgehead atoms. The molecule has 0 saturated carbocycles. The second-order valence-corrected chi connectivity index (χ2v) is 6.31. The van der Waals surface area contributed by atoms with Gasteiger partial charge in [0, 0.05) is 18.5 Å². The van der Waals surface area contributed by atoms with E-state index in [0.29, 0.717) is 30.4 Å². The second kappa shape index (κ2) is 7.56. The van der Waals surface area contributed by atoms with Crippen molar-refractivity contribution in [3.05, 3.63) is 52.5 Å². The first-order chi connectivity index (χ1) is 12.5. The molecule has 1 N–H and O–H groups in total. The normalized spacial score (nSPS) is 10.9. The van der Waals surface area contributed by atoms with Crippen LogP contribution in [0.4, 0.5) is 0 Å². The molecule has 3 rings (SSSR count). The molecule has 0 unspecified atom stereocenters. The molecular weight excluding hydrogens is 330 g/mol. The first-order valence-corrected chi connectivity index (χ1v) is 8.69. The molecule has 1 aromatic carbocycles. The molecule has 0 aliphatic carbocycles. The minimum absolute atomic E-state index is 0.106. The molecule has 0 aliphatic heterocycles. The van der Waals surface area contributed by atoms with Crippen molar-refractivity contribution in [1.82, 2.24) is 15.3 Å². The summed E-state index contributed by atoms with van der Waals surface area (Å²) in [5.41, 5.74) is 3.66. The Hall–Kier alpha value is -2.89. The summed E-state index contributed by atoms with van der Waals surface area (Å²) in [4.78, 5) is 20.9. The third-order valence-electron chi connectivity index (χ3n) is 4.31. The van der Waals surface area contributed by atoms with Crippen molar-refractivity contribution in [2.75, 3.05) is 6.61 Å². The van der Waals surface area contributed by atoms with Gasteiger partial charge in [0.15, 0.2) is 6.61 Å². The van der Waals surface area contributed by atoms with Crippen molar-refractivity contribution in [1.29, 1.82) is 0 Å². The topological polar surface area (TPSA) is 77.2 Å². The average molecular weight is 353 g/mol. The lowest BCUT2D eigenvalue weighted by Crippen LogP contribution is -2.28. The fraction of sp³-hybridized carbons (Fsp3) is 0.350. The predicted molar refractivity (Wildman–Crippen MR) is 99.2 cm³/mol. The van der Waals surface area contributed by atoms with Crippen LogP contribution in [0.25, 0.3) is 11.1 Å². The lowest BCUT2D eigenvalue weighted by atomic mass is 10.1. The van der Waals surface area contributed by atoms with E-state index < -0.39 is 0 Å². The molecule has 0 spiro atoms. The molecule has 0 aliphatic rings. The lowest BCUT2D eigenvalue weighted by Gasteiger charge is -2.09. The first kappa shape index (κ1) is 17.9. The summed E-state index contributed by atoms with van der Waals surface area (Å²) in [5, 5.41) is 3.58. The maximum atomic E-state index is 12.1. The number of benzene rings is 1. The molecule has 2 heterocycles. The van der Waals surface area contributed by atoms with Gasteiger partial charge >= 0.3 is 0 Å². The Labute approximate surface area is 152 Å². The number of ether oxygens (including phenoxy) is 1. The summed E-state index contributed by atoms with van der Waals surface area (Å²) < 4.78 is 11.4. The number of hydrogen-bond acceptors (Lipinski definition) is 5. The minimum Gasteiger partial charge on any atom is -0.467 e. The van der Waals surface area contributed by atoms with Crippen LogP contribution in [0.3, 0.4) is 0 Å². The number of carbonyl (C=O) groups is 1. The van der Waals surface area contributed by atoms with Crippen molar-refractivity contribution in [2.24, 2.45) is 0 Å². The van der Waals surface area contributed by atoms with E-state index in [0.717, 1.165) is 22.3 Å². The van der Waals surface area contributed by atoms with Gasteiger partial charge in [-0.2, -0.15) is 9.97 Å². The standard InChI is InChI=1S/C20H23N3O3/c1-5-16-22-19(18-13(3)14(4)26-20(18)23-16)25-11-17(24)21-10-15-8-6-12(2)7-9-15/h6-9H,5,10-11H2,1-4H3,(H,21,24). The highest BCUT2D eigenvalue weighted by atomic mass is 16.5. The van der Waals surface area contributed by atoms with Gasteiger partial charge in [0.2, 0.25) is 11.6 Å². The van der Waals surface area contributed by atoms with Gasteiger partial charge in [-0.05, 0) is 26.3 Å². The van der Waals surface area contributed by atoms with Gasteiger partial charge in [-0.3, -0.25) is 4.79 Å². The number of fused-ring (bicyclic) bond motifs is 1. The number of amides is 1.